The summed E-state index contributed by atoms with van der Waals surface area (Å²) in [4.78, 5) is 13.6. The van der Waals surface area contributed by atoms with Crippen LogP contribution >= 0.6 is 46.1 Å². The van der Waals surface area contributed by atoms with Crippen molar-refractivity contribution < 1.29 is 9.53 Å². The highest BCUT2D eigenvalue weighted by Gasteiger charge is 2.22. The molecule has 0 fully saturated rings. The summed E-state index contributed by atoms with van der Waals surface area (Å²) < 4.78 is 6.03. The Kier molecular flexibility index (Phi) is 5.56. The summed E-state index contributed by atoms with van der Waals surface area (Å²) >= 11 is 8.89. The van der Waals surface area contributed by atoms with Crippen LogP contribution < -0.4 is 15.4 Å². The third-order valence-corrected chi connectivity index (χ3v) is 6.16. The van der Waals surface area contributed by atoms with Gasteiger partial charge >= 0.3 is 0 Å². The number of carbonyl (C=O) groups excluding carboxylic acids is 1. The van der Waals surface area contributed by atoms with Crippen LogP contribution in [0.2, 0.25) is 0 Å². The molecular weight excluding hydrogens is 469 g/mol. The van der Waals surface area contributed by atoms with Gasteiger partial charge in [0.05, 0.1) is 16.2 Å². The van der Waals surface area contributed by atoms with E-state index in [0.717, 1.165) is 28.4 Å². The highest BCUT2D eigenvalue weighted by atomic mass is 127. The Labute approximate surface area is 168 Å². The van der Waals surface area contributed by atoms with Crippen molar-refractivity contribution in [1.82, 2.24) is 5.32 Å². The van der Waals surface area contributed by atoms with Gasteiger partial charge in [0.2, 0.25) is 0 Å². The minimum absolute atomic E-state index is 0.187. The number of fused-ring (bicyclic) bond motifs is 1. The van der Waals surface area contributed by atoms with Gasteiger partial charge in [-0.25, -0.2) is 0 Å². The van der Waals surface area contributed by atoms with Gasteiger partial charge in [0.15, 0.2) is 5.11 Å². The molecule has 2 N–H and O–H groups in total. The number of hydrogen-bond acceptors (Lipinski definition) is 5. The number of nitrogens with zero attached hydrogens (tertiary/aromatic N) is 1. The van der Waals surface area contributed by atoms with Gasteiger partial charge in [0, 0.05) is 10.4 Å². The highest BCUT2D eigenvalue weighted by molar-refractivity contribution is 14.1. The average molecular weight is 483 g/mol. The van der Waals surface area contributed by atoms with Crippen LogP contribution in [0, 0.1) is 14.9 Å². The maximum absolute atomic E-state index is 12.3. The smallest absolute Gasteiger partial charge is 0.257 e. The van der Waals surface area contributed by atoms with Gasteiger partial charge in [-0.15, -0.1) is 11.3 Å². The van der Waals surface area contributed by atoms with E-state index in [1.165, 1.54) is 4.88 Å². The lowest BCUT2D eigenvalue weighted by Gasteiger charge is -2.10. The number of anilines is 1. The second-order valence-corrected chi connectivity index (χ2v) is 8.11. The summed E-state index contributed by atoms with van der Waals surface area (Å²) in [6.07, 6.45) is 3.02. The van der Waals surface area contributed by atoms with Gasteiger partial charge in [0.25, 0.3) is 5.91 Å². The Morgan fingerprint density at radius 1 is 1.44 bits per heavy atom. The first-order valence-electron chi connectivity index (χ1n) is 7.54. The molecule has 1 aliphatic carbocycles. The van der Waals surface area contributed by atoms with E-state index in [1.54, 1.807) is 36.6 Å². The number of carbonyl (C=O) groups is 1. The normalized spacial score (nSPS) is 12.2. The molecule has 0 unspecified atom stereocenters. The zero-order valence-corrected chi connectivity index (χ0v) is 17.1. The Bertz CT molecular complexity index is 902. The zero-order valence-electron chi connectivity index (χ0n) is 13.3. The van der Waals surface area contributed by atoms with Gasteiger partial charge < -0.3 is 10.1 Å². The molecular formula is C17H14IN3O2S2. The van der Waals surface area contributed by atoms with Crippen molar-refractivity contribution in [3.8, 4) is 11.8 Å². The number of methoxy groups -OCH3 is 1. The summed E-state index contributed by atoms with van der Waals surface area (Å²) in [5.41, 5.74) is 2.26. The van der Waals surface area contributed by atoms with Crippen LogP contribution in [0.3, 0.4) is 0 Å². The fourth-order valence-corrected chi connectivity index (χ4v) is 4.97. The van der Waals surface area contributed by atoms with Gasteiger partial charge in [-0.1, -0.05) is 0 Å². The zero-order chi connectivity index (χ0) is 18.0. The van der Waals surface area contributed by atoms with E-state index in [0.29, 0.717) is 21.9 Å². The molecule has 2 aromatic rings. The lowest BCUT2D eigenvalue weighted by molar-refractivity contribution is 0.0977. The molecule has 0 saturated carbocycles. The number of nitrogens with one attached hydrogen (secondary N) is 2. The summed E-state index contributed by atoms with van der Waals surface area (Å²) in [5.74, 6) is 0.408. The van der Waals surface area contributed by atoms with Crippen LogP contribution in [0.1, 0.15) is 32.8 Å². The molecule has 1 heterocycles. The van der Waals surface area contributed by atoms with E-state index in [-0.39, 0.29) is 11.0 Å². The first-order chi connectivity index (χ1) is 12.0. The third-order valence-electron chi connectivity index (χ3n) is 3.90. The van der Waals surface area contributed by atoms with Gasteiger partial charge in [-0.2, -0.15) is 5.26 Å². The van der Waals surface area contributed by atoms with Gasteiger partial charge in [-0.3, -0.25) is 10.1 Å². The number of halogens is 1. The molecule has 1 aromatic heterocycles. The third kappa shape index (κ3) is 3.78. The van der Waals surface area contributed by atoms with Crippen molar-refractivity contribution in [2.45, 2.75) is 19.3 Å². The minimum atomic E-state index is -0.305. The maximum Gasteiger partial charge on any atom is 0.257 e. The monoisotopic (exact) mass is 483 g/mol. The molecule has 128 valence electrons. The molecule has 0 saturated heterocycles. The number of benzene rings is 1. The first-order valence-corrected chi connectivity index (χ1v) is 9.84. The lowest BCUT2D eigenvalue weighted by Crippen LogP contribution is -2.34. The van der Waals surface area contributed by atoms with Crippen molar-refractivity contribution >= 4 is 62.2 Å². The van der Waals surface area contributed by atoms with Crippen LogP contribution in [-0.2, 0) is 12.8 Å². The average Bonchev–Trinajstić information content (AvgIpc) is 3.15. The van der Waals surface area contributed by atoms with Crippen molar-refractivity contribution in [3.05, 3.63) is 43.3 Å². The largest absolute Gasteiger partial charge is 0.496 e. The molecule has 25 heavy (non-hydrogen) atoms. The predicted molar refractivity (Wildman–Crippen MR) is 110 cm³/mol. The van der Waals surface area contributed by atoms with Crippen LogP contribution in [0.5, 0.6) is 5.75 Å². The Morgan fingerprint density at radius 3 is 2.92 bits per heavy atom. The van der Waals surface area contributed by atoms with E-state index in [9.17, 15) is 10.1 Å². The quantitative estimate of drug-likeness (QED) is 0.513. The molecule has 1 amide bonds. The molecule has 1 aromatic carbocycles. The molecule has 0 bridgehead atoms. The highest BCUT2D eigenvalue weighted by Crippen LogP contribution is 2.38. The number of thiophene rings is 1. The van der Waals surface area contributed by atoms with Crippen molar-refractivity contribution in [3.63, 3.8) is 0 Å². The van der Waals surface area contributed by atoms with Crippen LogP contribution in [-0.4, -0.2) is 18.1 Å². The van der Waals surface area contributed by atoms with E-state index in [4.69, 9.17) is 17.0 Å². The van der Waals surface area contributed by atoms with E-state index in [2.05, 4.69) is 39.3 Å². The summed E-state index contributed by atoms with van der Waals surface area (Å²) in [7, 11) is 1.58. The molecule has 1 aliphatic rings. The maximum atomic E-state index is 12.3. The Hall–Kier alpha value is -1.70. The topological polar surface area (TPSA) is 74.2 Å². The molecule has 8 heteroatoms. The first kappa shape index (κ1) is 18.1. The standard InChI is InChI=1S/C17H14IN3O2S2/c1-23-13-6-5-9(7-12(13)18)15(22)20-17(24)21-16-11(8-19)10-3-2-4-14(10)25-16/h5-7H,2-4H2,1H3,(H2,20,21,22,24). The van der Waals surface area contributed by atoms with Crippen molar-refractivity contribution in [2.75, 3.05) is 12.4 Å². The van der Waals surface area contributed by atoms with Gasteiger partial charge in [0.1, 0.15) is 16.8 Å². The number of nitriles is 1. The lowest BCUT2D eigenvalue weighted by atomic mass is 10.1. The van der Waals surface area contributed by atoms with Crippen molar-refractivity contribution in [2.24, 2.45) is 0 Å². The summed E-state index contributed by atoms with van der Waals surface area (Å²) in [6.45, 7) is 0. The number of ether oxygens (including phenoxy) is 1. The second-order valence-electron chi connectivity index (χ2n) is 5.43. The van der Waals surface area contributed by atoms with Crippen LogP contribution in [0.15, 0.2) is 18.2 Å². The number of thiocarbonyl (C=S) groups is 1. The van der Waals surface area contributed by atoms with E-state index in [1.807, 2.05) is 0 Å². The Morgan fingerprint density at radius 2 is 2.24 bits per heavy atom. The number of aryl methyl sites for hydroxylation is 1. The second kappa shape index (κ2) is 7.68. The van der Waals surface area contributed by atoms with E-state index < -0.39 is 0 Å². The fourth-order valence-electron chi connectivity index (χ4n) is 2.73. The molecule has 3 rings (SSSR count). The minimum Gasteiger partial charge on any atom is -0.496 e. The molecule has 0 aliphatic heterocycles. The Balaban J connectivity index is 1.70. The number of amides is 1. The number of hydrogen-bond donors (Lipinski definition) is 2. The van der Waals surface area contributed by atoms with Crippen molar-refractivity contribution in [1.29, 1.82) is 5.26 Å². The molecule has 0 radical (unpaired) electrons. The van der Waals surface area contributed by atoms with Crippen LogP contribution in [0.4, 0.5) is 5.00 Å². The summed E-state index contributed by atoms with van der Waals surface area (Å²) in [5, 5.41) is 16.0. The molecule has 0 spiro atoms. The predicted octanol–water partition coefficient (Wildman–Crippen LogP) is 3.85. The van der Waals surface area contributed by atoms with E-state index >= 15 is 0 Å². The molecule has 0 atom stereocenters. The summed E-state index contributed by atoms with van der Waals surface area (Å²) in [6, 6.07) is 7.40. The fraction of sp³-hybridized carbons (Fsp3) is 0.235. The number of rotatable bonds is 3. The molecule has 5 nitrogen and oxygen atoms in total. The SMILES string of the molecule is COc1ccc(C(=O)NC(=S)Nc2sc3c(c2C#N)CCC3)cc1I. The van der Waals surface area contributed by atoms with Crippen LogP contribution in [0.25, 0.3) is 0 Å². The van der Waals surface area contributed by atoms with Gasteiger partial charge in [-0.05, 0) is 77.8 Å².